The average Bonchev–Trinajstić information content (AvgIpc) is 2.84. The Kier molecular flexibility index (Phi) is 5.24. The molecule has 0 bridgehead atoms. The van der Waals surface area contributed by atoms with E-state index in [4.69, 9.17) is 23.8 Å². The maximum Gasteiger partial charge on any atom is 0.276 e. The molecule has 1 fully saturated rings. The van der Waals surface area contributed by atoms with Crippen molar-refractivity contribution in [2.45, 2.75) is 0 Å². The first kappa shape index (κ1) is 18.1. The van der Waals surface area contributed by atoms with Crippen LogP contribution in [0, 0.1) is 10.1 Å². The summed E-state index contributed by atoms with van der Waals surface area (Å²) in [4.78, 5) is 25.0. The van der Waals surface area contributed by atoms with Crippen LogP contribution in [0.2, 0.25) is 5.02 Å². The second-order valence-corrected chi connectivity index (χ2v) is 7.87. The highest BCUT2D eigenvalue weighted by atomic mass is 79.9. The Balaban J connectivity index is 1.99. The molecule has 2 aromatic rings. The largest absolute Gasteiger partial charge is 0.276 e. The molecule has 5 nitrogen and oxygen atoms in total. The number of nitrogens with zero attached hydrogens (tertiary/aromatic N) is 2. The van der Waals surface area contributed by atoms with Crippen LogP contribution < -0.4 is 4.90 Å². The van der Waals surface area contributed by atoms with E-state index in [2.05, 4.69) is 15.9 Å². The van der Waals surface area contributed by atoms with Gasteiger partial charge in [0.1, 0.15) is 0 Å². The number of nitro benzene ring substituents is 1. The van der Waals surface area contributed by atoms with Gasteiger partial charge in [-0.25, -0.2) is 0 Å². The third-order valence-electron chi connectivity index (χ3n) is 3.38. The van der Waals surface area contributed by atoms with Crippen LogP contribution in [-0.4, -0.2) is 15.2 Å². The highest BCUT2D eigenvalue weighted by Gasteiger charge is 2.34. The number of hydrogen-bond donors (Lipinski definition) is 0. The Labute approximate surface area is 165 Å². The molecule has 3 rings (SSSR count). The zero-order valence-electron chi connectivity index (χ0n) is 12.3. The van der Waals surface area contributed by atoms with Gasteiger partial charge in [-0.05, 0) is 46.3 Å². The van der Waals surface area contributed by atoms with Crippen LogP contribution in [0.15, 0.2) is 51.8 Å². The molecule has 0 spiro atoms. The molecule has 2 aromatic carbocycles. The molecule has 1 amide bonds. The van der Waals surface area contributed by atoms with Crippen molar-refractivity contribution >= 4 is 79.2 Å². The van der Waals surface area contributed by atoms with Gasteiger partial charge in [-0.3, -0.25) is 19.8 Å². The number of hydrogen-bond acceptors (Lipinski definition) is 5. The van der Waals surface area contributed by atoms with Gasteiger partial charge in [0.15, 0.2) is 4.32 Å². The molecule has 9 heteroatoms. The van der Waals surface area contributed by atoms with Gasteiger partial charge in [0.2, 0.25) is 0 Å². The number of nitro groups is 1. The van der Waals surface area contributed by atoms with E-state index < -0.39 is 4.92 Å². The molecule has 1 aliphatic heterocycles. The fraction of sp³-hybridized carbons (Fsp3) is 0. The lowest BCUT2D eigenvalue weighted by Gasteiger charge is -2.15. The van der Waals surface area contributed by atoms with E-state index >= 15 is 0 Å². The summed E-state index contributed by atoms with van der Waals surface area (Å²) in [6, 6.07) is 11.3. The van der Waals surface area contributed by atoms with Gasteiger partial charge >= 0.3 is 0 Å². The van der Waals surface area contributed by atoms with Crippen LogP contribution in [0.25, 0.3) is 6.08 Å². The summed E-state index contributed by atoms with van der Waals surface area (Å²) in [6.45, 7) is 0. The van der Waals surface area contributed by atoms with E-state index in [0.717, 1.165) is 11.8 Å². The van der Waals surface area contributed by atoms with Gasteiger partial charge in [-0.15, -0.1) is 0 Å². The molecule has 126 valence electrons. The fourth-order valence-corrected chi connectivity index (χ4v) is 3.94. The highest BCUT2D eigenvalue weighted by Crippen LogP contribution is 2.38. The summed E-state index contributed by atoms with van der Waals surface area (Å²) in [7, 11) is 0. The topological polar surface area (TPSA) is 63.4 Å². The van der Waals surface area contributed by atoms with E-state index in [0.29, 0.717) is 30.0 Å². The van der Waals surface area contributed by atoms with Crippen LogP contribution in [0.1, 0.15) is 5.56 Å². The quantitative estimate of drug-likeness (QED) is 0.268. The molecular weight excluding hydrogens is 448 g/mol. The number of amides is 1. The van der Waals surface area contributed by atoms with Gasteiger partial charge in [0.05, 0.1) is 26.1 Å². The van der Waals surface area contributed by atoms with Crippen molar-refractivity contribution in [3.8, 4) is 0 Å². The Morgan fingerprint density at radius 2 is 2.00 bits per heavy atom. The first-order chi connectivity index (χ1) is 11.9. The monoisotopic (exact) mass is 454 g/mol. The maximum atomic E-state index is 12.7. The Morgan fingerprint density at radius 3 is 2.68 bits per heavy atom. The minimum atomic E-state index is -0.485. The number of carbonyl (C=O) groups is 1. The van der Waals surface area contributed by atoms with E-state index in [-0.39, 0.29) is 11.6 Å². The molecule has 0 atom stereocenters. The van der Waals surface area contributed by atoms with Crippen LogP contribution in [-0.2, 0) is 4.79 Å². The molecule has 0 aromatic heterocycles. The molecule has 0 radical (unpaired) electrons. The van der Waals surface area contributed by atoms with Gasteiger partial charge in [-0.1, -0.05) is 47.7 Å². The molecule has 0 unspecified atom stereocenters. The minimum absolute atomic E-state index is 0.0699. The lowest BCUT2D eigenvalue weighted by atomic mass is 10.1. The molecule has 25 heavy (non-hydrogen) atoms. The van der Waals surface area contributed by atoms with E-state index in [9.17, 15) is 14.9 Å². The number of benzene rings is 2. The third kappa shape index (κ3) is 3.62. The van der Waals surface area contributed by atoms with Crippen molar-refractivity contribution in [1.29, 1.82) is 0 Å². The lowest BCUT2D eigenvalue weighted by Crippen LogP contribution is -2.27. The number of thioether (sulfide) groups is 1. The standard InChI is InChI=1S/C16H8BrClN2O3S2/c17-11-6-5-10(8-12(11)18)19-15(21)14(25-16(19)24)7-9-3-1-2-4-13(9)20(22)23/h1-8H. The number of anilines is 1. The predicted octanol–water partition coefficient (Wildman–Crippen LogP) is 5.42. The molecule has 0 saturated carbocycles. The summed E-state index contributed by atoms with van der Waals surface area (Å²) in [6.07, 6.45) is 1.48. The normalized spacial score (nSPS) is 15.9. The predicted molar refractivity (Wildman–Crippen MR) is 108 cm³/mol. The molecule has 1 heterocycles. The van der Waals surface area contributed by atoms with Crippen molar-refractivity contribution in [2.75, 3.05) is 4.90 Å². The lowest BCUT2D eigenvalue weighted by molar-refractivity contribution is -0.385. The van der Waals surface area contributed by atoms with Crippen molar-refractivity contribution in [2.24, 2.45) is 0 Å². The first-order valence-corrected chi connectivity index (χ1v) is 9.24. The summed E-state index contributed by atoms with van der Waals surface area (Å²) < 4.78 is 1.05. The average molecular weight is 456 g/mol. The molecule has 0 N–H and O–H groups in total. The van der Waals surface area contributed by atoms with Gasteiger partial charge < -0.3 is 0 Å². The van der Waals surface area contributed by atoms with Crippen molar-refractivity contribution in [3.63, 3.8) is 0 Å². The highest BCUT2D eigenvalue weighted by molar-refractivity contribution is 9.10. The zero-order valence-corrected chi connectivity index (χ0v) is 16.3. The Morgan fingerprint density at radius 1 is 1.28 bits per heavy atom. The number of rotatable bonds is 3. The van der Waals surface area contributed by atoms with E-state index in [1.54, 1.807) is 36.4 Å². The molecule has 0 aliphatic carbocycles. The van der Waals surface area contributed by atoms with Crippen LogP contribution >= 0.6 is 51.5 Å². The van der Waals surface area contributed by atoms with Crippen LogP contribution in [0.5, 0.6) is 0 Å². The summed E-state index contributed by atoms with van der Waals surface area (Å²) in [5.41, 5.74) is 0.822. The number of para-hydroxylation sites is 1. The Bertz CT molecular complexity index is 949. The second-order valence-electron chi connectivity index (χ2n) is 4.93. The number of carbonyl (C=O) groups excluding carboxylic acids is 1. The molecule has 1 saturated heterocycles. The van der Waals surface area contributed by atoms with Crippen LogP contribution in [0.4, 0.5) is 11.4 Å². The fourth-order valence-electron chi connectivity index (χ4n) is 2.23. The van der Waals surface area contributed by atoms with Crippen molar-refractivity contribution < 1.29 is 9.72 Å². The molecule has 1 aliphatic rings. The summed E-state index contributed by atoms with van der Waals surface area (Å²) in [5, 5.41) is 11.6. The maximum absolute atomic E-state index is 12.7. The number of thiocarbonyl (C=S) groups is 1. The van der Waals surface area contributed by atoms with E-state index in [1.165, 1.54) is 17.0 Å². The van der Waals surface area contributed by atoms with Crippen molar-refractivity contribution in [1.82, 2.24) is 0 Å². The summed E-state index contributed by atoms with van der Waals surface area (Å²) in [5.74, 6) is -0.341. The van der Waals surface area contributed by atoms with Crippen LogP contribution in [0.3, 0.4) is 0 Å². The summed E-state index contributed by atoms with van der Waals surface area (Å²) >= 11 is 15.8. The molecular formula is C16H8BrClN2O3S2. The van der Waals surface area contributed by atoms with Crippen molar-refractivity contribution in [3.05, 3.63) is 72.5 Å². The zero-order chi connectivity index (χ0) is 18.1. The smallest absolute Gasteiger partial charge is 0.268 e. The minimum Gasteiger partial charge on any atom is -0.268 e. The van der Waals surface area contributed by atoms with E-state index in [1.807, 2.05) is 0 Å². The third-order valence-corrected chi connectivity index (χ3v) is 5.91. The van der Waals surface area contributed by atoms with Gasteiger partial charge in [0, 0.05) is 10.5 Å². The first-order valence-electron chi connectivity index (χ1n) is 6.85. The van der Waals surface area contributed by atoms with Gasteiger partial charge in [-0.2, -0.15) is 0 Å². The second kappa shape index (κ2) is 7.25. The Hall–Kier alpha value is -1.74. The SMILES string of the molecule is O=C1C(=Cc2ccccc2[N+](=O)[O-])SC(=S)N1c1ccc(Br)c(Cl)c1. The number of halogens is 2. The van der Waals surface area contributed by atoms with Gasteiger partial charge in [0.25, 0.3) is 11.6 Å².